The summed E-state index contributed by atoms with van der Waals surface area (Å²) in [4.78, 5) is 5.71. The van der Waals surface area contributed by atoms with Crippen molar-refractivity contribution in [2.75, 3.05) is 12.4 Å². The number of nitrogens with zero attached hydrogens (tertiary/aromatic N) is 2. The van der Waals surface area contributed by atoms with Crippen LogP contribution in [0.1, 0.15) is 10.4 Å². The molecule has 1 heterocycles. The Kier molecular flexibility index (Phi) is 5.44. The Morgan fingerprint density at radius 1 is 1.15 bits per heavy atom. The van der Waals surface area contributed by atoms with Gasteiger partial charge in [0.2, 0.25) is 5.96 Å². The summed E-state index contributed by atoms with van der Waals surface area (Å²) in [5.74, 6) is 1.31. The first-order valence-electron chi connectivity index (χ1n) is 7.97. The molecule has 3 aromatic rings. The van der Waals surface area contributed by atoms with Crippen LogP contribution in [0.3, 0.4) is 0 Å². The van der Waals surface area contributed by atoms with Crippen molar-refractivity contribution in [2.24, 2.45) is 4.99 Å². The van der Waals surface area contributed by atoms with Gasteiger partial charge in [-0.3, -0.25) is 5.41 Å². The van der Waals surface area contributed by atoms with Gasteiger partial charge in [-0.05, 0) is 61.9 Å². The minimum absolute atomic E-state index is 0.366. The molecule has 0 fully saturated rings. The molecule has 0 amide bonds. The lowest BCUT2D eigenvalue weighted by atomic mass is 10.2. The van der Waals surface area contributed by atoms with Crippen molar-refractivity contribution in [3.8, 4) is 5.75 Å². The topological polar surface area (TPSA) is 62.4 Å². The highest BCUT2D eigenvalue weighted by molar-refractivity contribution is 7.07. The van der Waals surface area contributed by atoms with Gasteiger partial charge < -0.3 is 10.1 Å². The summed E-state index contributed by atoms with van der Waals surface area (Å²) in [6.45, 7) is 3.92. The third kappa shape index (κ3) is 4.15. The number of nitrogens with one attached hydrogen (secondary N) is 2. The van der Waals surface area contributed by atoms with E-state index in [1.165, 1.54) is 11.5 Å². The molecule has 0 bridgehead atoms. The van der Waals surface area contributed by atoms with E-state index in [1.807, 2.05) is 56.3 Å². The van der Waals surface area contributed by atoms with E-state index < -0.39 is 0 Å². The maximum Gasteiger partial charge on any atom is 0.223 e. The molecule has 3 rings (SSSR count). The second-order valence-corrected chi connectivity index (χ2v) is 7.35. The van der Waals surface area contributed by atoms with E-state index in [0.717, 1.165) is 27.6 Å². The van der Waals surface area contributed by atoms with Crippen LogP contribution in [-0.2, 0) is 0 Å². The van der Waals surface area contributed by atoms with E-state index in [2.05, 4.69) is 10.3 Å². The molecule has 2 aromatic carbocycles. The van der Waals surface area contributed by atoms with Crippen molar-refractivity contribution in [1.29, 1.82) is 5.41 Å². The largest absolute Gasteiger partial charge is 0.497 e. The van der Waals surface area contributed by atoms with Gasteiger partial charge in [-0.2, -0.15) is 0 Å². The molecule has 0 unspecified atom stereocenters. The summed E-state index contributed by atoms with van der Waals surface area (Å²) >= 11 is 7.69. The van der Waals surface area contributed by atoms with Crippen LogP contribution in [0.2, 0.25) is 5.02 Å². The Morgan fingerprint density at radius 3 is 2.46 bits per heavy atom. The predicted octanol–water partition coefficient (Wildman–Crippen LogP) is 4.96. The monoisotopic (exact) mass is 386 g/mol. The fourth-order valence-corrected chi connectivity index (χ4v) is 3.29. The van der Waals surface area contributed by atoms with Crippen molar-refractivity contribution < 1.29 is 4.74 Å². The SMILES string of the molecule is COc1ccc(N=C(Nc2ccc(C)c(Cl)c2)n2sc(C)cc2=N)cc1. The molecule has 7 heteroatoms. The predicted molar refractivity (Wildman–Crippen MR) is 108 cm³/mol. The number of hydrogen-bond acceptors (Lipinski definition) is 4. The lowest BCUT2D eigenvalue weighted by Crippen LogP contribution is -2.28. The Balaban J connectivity index is 2.03. The molecule has 0 aliphatic heterocycles. The lowest BCUT2D eigenvalue weighted by Gasteiger charge is -2.12. The highest BCUT2D eigenvalue weighted by Crippen LogP contribution is 2.22. The van der Waals surface area contributed by atoms with Crippen LogP contribution in [0.4, 0.5) is 11.4 Å². The molecule has 26 heavy (non-hydrogen) atoms. The Bertz CT molecular complexity index is 1010. The first-order valence-corrected chi connectivity index (χ1v) is 9.12. The number of anilines is 1. The number of methoxy groups -OCH3 is 1. The molecule has 134 valence electrons. The quantitative estimate of drug-likeness (QED) is 0.493. The number of ether oxygens (including phenoxy) is 1. The van der Waals surface area contributed by atoms with E-state index in [4.69, 9.17) is 21.7 Å². The van der Waals surface area contributed by atoms with Crippen molar-refractivity contribution in [1.82, 2.24) is 3.96 Å². The second-order valence-electron chi connectivity index (χ2n) is 5.75. The molecular formula is C19H19ClN4OS. The normalized spacial score (nSPS) is 11.5. The summed E-state index contributed by atoms with van der Waals surface area (Å²) in [6, 6.07) is 15.0. The molecule has 0 aliphatic rings. The number of rotatable bonds is 3. The summed E-state index contributed by atoms with van der Waals surface area (Å²) in [7, 11) is 1.63. The standard InChI is InChI=1S/C19H19ClN4OS/c1-12-4-5-15(11-17(12)20)23-19(24-18(21)10-13(2)26-24)22-14-6-8-16(25-3)9-7-14/h4-11,21H,1-3H3,(H,22,23). The van der Waals surface area contributed by atoms with Crippen LogP contribution < -0.4 is 15.5 Å². The zero-order chi connectivity index (χ0) is 18.7. The van der Waals surface area contributed by atoms with Gasteiger partial charge in [-0.1, -0.05) is 29.2 Å². The third-order valence-electron chi connectivity index (χ3n) is 3.72. The van der Waals surface area contributed by atoms with Crippen molar-refractivity contribution in [3.63, 3.8) is 0 Å². The zero-order valence-electron chi connectivity index (χ0n) is 14.7. The molecule has 2 N–H and O–H groups in total. The van der Waals surface area contributed by atoms with E-state index in [9.17, 15) is 0 Å². The van der Waals surface area contributed by atoms with Crippen molar-refractivity contribution >= 4 is 40.5 Å². The lowest BCUT2D eigenvalue weighted by molar-refractivity contribution is 0.415. The molecule has 5 nitrogen and oxygen atoms in total. The number of hydrogen-bond donors (Lipinski definition) is 2. The second kappa shape index (κ2) is 7.76. The van der Waals surface area contributed by atoms with Crippen LogP contribution in [0, 0.1) is 19.3 Å². The third-order valence-corrected chi connectivity index (χ3v) is 5.09. The molecule has 0 saturated heterocycles. The summed E-state index contributed by atoms with van der Waals surface area (Å²) in [5.41, 5.74) is 2.94. The average molecular weight is 387 g/mol. The molecular weight excluding hydrogens is 368 g/mol. The van der Waals surface area contributed by atoms with Gasteiger partial charge in [0, 0.05) is 15.6 Å². The van der Waals surface area contributed by atoms with E-state index in [0.29, 0.717) is 16.5 Å². The summed E-state index contributed by atoms with van der Waals surface area (Å²) in [5, 5.41) is 12.2. The maximum absolute atomic E-state index is 8.20. The molecule has 0 atom stereocenters. The van der Waals surface area contributed by atoms with Gasteiger partial charge in [0.05, 0.1) is 12.8 Å². The number of aromatic nitrogens is 1. The Labute approximate surface area is 161 Å². The maximum atomic E-state index is 8.20. The van der Waals surface area contributed by atoms with Crippen LogP contribution >= 0.6 is 23.1 Å². The van der Waals surface area contributed by atoms with Crippen LogP contribution in [-0.4, -0.2) is 17.0 Å². The van der Waals surface area contributed by atoms with Gasteiger partial charge in [0.15, 0.2) is 0 Å². The zero-order valence-corrected chi connectivity index (χ0v) is 16.3. The molecule has 0 radical (unpaired) electrons. The van der Waals surface area contributed by atoms with E-state index in [1.54, 1.807) is 17.1 Å². The minimum atomic E-state index is 0.366. The van der Waals surface area contributed by atoms with Crippen LogP contribution in [0.15, 0.2) is 53.5 Å². The van der Waals surface area contributed by atoms with Crippen molar-refractivity contribution in [2.45, 2.75) is 13.8 Å². The van der Waals surface area contributed by atoms with Gasteiger partial charge in [-0.25, -0.2) is 8.95 Å². The average Bonchev–Trinajstić information content (AvgIpc) is 2.96. The first kappa shape index (κ1) is 18.2. The minimum Gasteiger partial charge on any atom is -0.497 e. The number of halogens is 1. The summed E-state index contributed by atoms with van der Waals surface area (Å²) in [6.07, 6.45) is 0. The van der Waals surface area contributed by atoms with E-state index in [-0.39, 0.29) is 0 Å². The number of aryl methyl sites for hydroxylation is 2. The summed E-state index contributed by atoms with van der Waals surface area (Å²) < 4.78 is 6.93. The molecule has 0 spiro atoms. The van der Waals surface area contributed by atoms with E-state index >= 15 is 0 Å². The van der Waals surface area contributed by atoms with Crippen LogP contribution in [0.5, 0.6) is 5.75 Å². The fraction of sp³-hybridized carbons (Fsp3) is 0.158. The molecule has 1 aromatic heterocycles. The van der Waals surface area contributed by atoms with Crippen LogP contribution in [0.25, 0.3) is 0 Å². The smallest absolute Gasteiger partial charge is 0.223 e. The highest BCUT2D eigenvalue weighted by Gasteiger charge is 2.09. The number of aliphatic imine (C=N–C) groups is 1. The van der Waals surface area contributed by atoms with Crippen molar-refractivity contribution in [3.05, 3.63) is 69.5 Å². The fourth-order valence-electron chi connectivity index (χ4n) is 2.33. The van der Waals surface area contributed by atoms with Gasteiger partial charge >= 0.3 is 0 Å². The highest BCUT2D eigenvalue weighted by atomic mass is 35.5. The molecule has 0 aliphatic carbocycles. The molecule has 0 saturated carbocycles. The van der Waals surface area contributed by atoms with Gasteiger partial charge in [-0.15, -0.1) is 0 Å². The Morgan fingerprint density at radius 2 is 1.88 bits per heavy atom. The van der Waals surface area contributed by atoms with Gasteiger partial charge in [0.1, 0.15) is 11.2 Å². The first-order chi connectivity index (χ1) is 12.5. The Hall–Kier alpha value is -2.57. The van der Waals surface area contributed by atoms with Gasteiger partial charge in [0.25, 0.3) is 0 Å². The number of benzene rings is 2.